The molecule has 0 unspecified atom stereocenters. The Labute approximate surface area is 112 Å². The quantitative estimate of drug-likeness (QED) is 0.250. The second-order valence-electron chi connectivity index (χ2n) is 3.56. The van der Waals surface area contributed by atoms with Crippen molar-refractivity contribution in [1.29, 1.82) is 0 Å². The maximum absolute atomic E-state index is 10.8. The summed E-state index contributed by atoms with van der Waals surface area (Å²) in [5.74, 6) is 0.0159. The molecule has 0 saturated heterocycles. The van der Waals surface area contributed by atoms with Gasteiger partial charge in [-0.15, -0.1) is 0 Å². The van der Waals surface area contributed by atoms with E-state index in [1.807, 2.05) is 23.0 Å². The van der Waals surface area contributed by atoms with Gasteiger partial charge in [0.1, 0.15) is 23.0 Å². The summed E-state index contributed by atoms with van der Waals surface area (Å²) in [6.07, 6.45) is 6.09. The lowest BCUT2D eigenvalue weighted by Gasteiger charge is -2.08. The fourth-order valence-corrected chi connectivity index (χ4v) is 1.49. The van der Waals surface area contributed by atoms with E-state index in [4.69, 9.17) is 7.80 Å². The number of nitrogens with zero attached hydrogens (tertiary/aromatic N) is 1. The molecule has 0 aromatic heterocycles. The fraction of sp³-hybridized carbons (Fsp3) is 0.909. The average molecular weight is 342 g/mol. The van der Waals surface area contributed by atoms with Crippen molar-refractivity contribution in [2.75, 3.05) is 26.9 Å². The summed E-state index contributed by atoms with van der Waals surface area (Å²) in [6.45, 7) is 2.14. The van der Waals surface area contributed by atoms with Crippen LogP contribution in [-0.4, -0.2) is 32.8 Å². The number of hydrogen-bond acceptors (Lipinski definition) is 4. The summed E-state index contributed by atoms with van der Waals surface area (Å²) in [5.41, 5.74) is 0. The molecule has 0 aromatic rings. The second kappa shape index (κ2) is 13.2. The predicted octanol–water partition coefficient (Wildman–Crippen LogP) is 2.10. The Hall–Kier alpha value is 0.120. The zero-order valence-corrected chi connectivity index (χ0v) is 12.1. The van der Waals surface area contributed by atoms with Crippen LogP contribution >= 0.6 is 23.0 Å². The first kappa shape index (κ1) is 16.1. The van der Waals surface area contributed by atoms with E-state index >= 15 is 0 Å². The van der Waals surface area contributed by atoms with Crippen molar-refractivity contribution in [2.24, 2.45) is 4.99 Å². The minimum Gasteiger partial charge on any atom is -0.862 e. The molecule has 0 radical (unpaired) electrons. The predicted molar refractivity (Wildman–Crippen MR) is 71.9 cm³/mol. The van der Waals surface area contributed by atoms with Crippen LogP contribution in [0, 0.1) is 0 Å². The number of rotatable bonds is 11. The Morgan fingerprint density at radius 2 is 1.75 bits per heavy atom. The highest BCUT2D eigenvalue weighted by molar-refractivity contribution is 14.1. The first-order chi connectivity index (χ1) is 7.81. The molecule has 16 heavy (non-hydrogen) atoms. The maximum atomic E-state index is 10.8. The van der Waals surface area contributed by atoms with Gasteiger partial charge in [-0.2, -0.15) is 0 Å². The Morgan fingerprint density at radius 1 is 1.06 bits per heavy atom. The molecule has 0 aliphatic carbocycles. The highest BCUT2D eigenvalue weighted by Gasteiger charge is 1.92. The van der Waals surface area contributed by atoms with E-state index in [2.05, 4.69) is 4.99 Å². The molecule has 0 aliphatic rings. The summed E-state index contributed by atoms with van der Waals surface area (Å²) < 4.78 is 10.2. The van der Waals surface area contributed by atoms with Crippen LogP contribution in [-0.2, 0) is 7.80 Å². The number of aliphatic imine (C=N–C) groups is 1. The summed E-state index contributed by atoms with van der Waals surface area (Å²) in [5, 5.41) is 10.8. The summed E-state index contributed by atoms with van der Waals surface area (Å²) in [4.78, 5) is 3.59. The van der Waals surface area contributed by atoms with Gasteiger partial charge in [0.15, 0.2) is 0 Å². The lowest BCUT2D eigenvalue weighted by Crippen LogP contribution is -2.16. The number of unbranched alkanes of at least 4 members (excludes halogenated alkanes) is 4. The van der Waals surface area contributed by atoms with Crippen molar-refractivity contribution in [1.82, 2.24) is 0 Å². The highest BCUT2D eigenvalue weighted by Crippen LogP contribution is 2.05. The van der Waals surface area contributed by atoms with Crippen LogP contribution in [0.2, 0.25) is 0 Å². The minimum absolute atomic E-state index is 0.0159. The van der Waals surface area contributed by atoms with Crippen LogP contribution in [0.25, 0.3) is 0 Å². The third kappa shape index (κ3) is 12.2. The average Bonchev–Trinajstić information content (AvgIpc) is 2.31. The Morgan fingerprint density at radius 3 is 2.44 bits per heavy atom. The van der Waals surface area contributed by atoms with E-state index < -0.39 is 0 Å². The molecule has 0 fully saturated rings. The molecule has 0 rings (SSSR count). The van der Waals surface area contributed by atoms with Crippen molar-refractivity contribution in [3.05, 3.63) is 0 Å². The molecule has 96 valence electrons. The normalized spacial score (nSPS) is 12.0. The Bertz CT molecular complexity index is 177. The van der Waals surface area contributed by atoms with Gasteiger partial charge >= 0.3 is 0 Å². The van der Waals surface area contributed by atoms with Gasteiger partial charge in [0.05, 0.1) is 13.2 Å². The number of ether oxygens (including phenoxy) is 1. The van der Waals surface area contributed by atoms with E-state index in [9.17, 15) is 5.11 Å². The topological polar surface area (TPSA) is 53.9 Å². The van der Waals surface area contributed by atoms with Crippen LogP contribution < -0.4 is 5.11 Å². The molecule has 0 amide bonds. The molecular formula is C11H21INO3-. The van der Waals surface area contributed by atoms with E-state index in [1.165, 1.54) is 12.8 Å². The van der Waals surface area contributed by atoms with Gasteiger partial charge in [0.25, 0.3) is 0 Å². The van der Waals surface area contributed by atoms with Crippen molar-refractivity contribution in [3.8, 4) is 0 Å². The highest BCUT2D eigenvalue weighted by atomic mass is 127. The van der Waals surface area contributed by atoms with E-state index in [-0.39, 0.29) is 5.90 Å². The van der Waals surface area contributed by atoms with Gasteiger partial charge in [0, 0.05) is 13.7 Å². The number of hydrogen-bond donors (Lipinski definition) is 0. The SMILES string of the molecule is CN=C([O-])CCCCCCCOCCOI. The second-order valence-corrected chi connectivity index (χ2v) is 4.18. The molecule has 0 spiro atoms. The monoisotopic (exact) mass is 342 g/mol. The molecule has 0 bridgehead atoms. The fourth-order valence-electron chi connectivity index (χ4n) is 1.31. The Balaban J connectivity index is 2.99. The maximum Gasteiger partial charge on any atom is 0.109 e. The van der Waals surface area contributed by atoms with Gasteiger partial charge in [-0.1, -0.05) is 19.3 Å². The van der Waals surface area contributed by atoms with Gasteiger partial charge in [-0.3, -0.25) is 0 Å². The van der Waals surface area contributed by atoms with Crippen LogP contribution in [0.3, 0.4) is 0 Å². The molecule has 0 atom stereocenters. The molecule has 4 nitrogen and oxygen atoms in total. The van der Waals surface area contributed by atoms with Crippen LogP contribution in [0.15, 0.2) is 4.99 Å². The Kier molecular flexibility index (Phi) is 13.3. The minimum atomic E-state index is 0.0159. The standard InChI is InChI=1S/C11H22INO3/c1-13-11(14)7-5-3-2-4-6-8-15-9-10-16-12/h2-10H2,1H3,(H,13,14)/p-1. The zero-order valence-electron chi connectivity index (χ0n) is 9.91. The first-order valence-corrected chi connectivity index (χ1v) is 6.63. The summed E-state index contributed by atoms with van der Waals surface area (Å²) >= 11 is 1.86. The van der Waals surface area contributed by atoms with Gasteiger partial charge in [0.2, 0.25) is 0 Å². The molecule has 0 aromatic carbocycles. The van der Waals surface area contributed by atoms with Crippen molar-refractivity contribution < 1.29 is 12.9 Å². The molecule has 0 saturated carbocycles. The summed E-state index contributed by atoms with van der Waals surface area (Å²) in [7, 11) is 1.55. The van der Waals surface area contributed by atoms with E-state index in [0.717, 1.165) is 25.9 Å². The van der Waals surface area contributed by atoms with Crippen molar-refractivity contribution >= 4 is 28.9 Å². The molecular weight excluding hydrogens is 321 g/mol. The van der Waals surface area contributed by atoms with Crippen LogP contribution in [0.4, 0.5) is 0 Å². The largest absolute Gasteiger partial charge is 0.862 e. The van der Waals surface area contributed by atoms with Gasteiger partial charge in [-0.05, 0) is 25.2 Å². The molecule has 0 N–H and O–H groups in total. The lowest BCUT2D eigenvalue weighted by atomic mass is 10.1. The van der Waals surface area contributed by atoms with Gasteiger partial charge in [-0.25, -0.2) is 0 Å². The van der Waals surface area contributed by atoms with Gasteiger partial charge < -0.3 is 17.9 Å². The third-order valence-electron chi connectivity index (χ3n) is 2.23. The van der Waals surface area contributed by atoms with Crippen molar-refractivity contribution in [2.45, 2.75) is 38.5 Å². The summed E-state index contributed by atoms with van der Waals surface area (Å²) in [6, 6.07) is 0. The van der Waals surface area contributed by atoms with Crippen molar-refractivity contribution in [3.63, 3.8) is 0 Å². The third-order valence-corrected chi connectivity index (χ3v) is 2.67. The van der Waals surface area contributed by atoms with E-state index in [0.29, 0.717) is 19.6 Å². The van der Waals surface area contributed by atoms with E-state index in [1.54, 1.807) is 7.05 Å². The molecule has 0 heterocycles. The molecule has 0 aliphatic heterocycles. The first-order valence-electron chi connectivity index (χ1n) is 5.75. The molecule has 5 heteroatoms. The smallest absolute Gasteiger partial charge is 0.109 e. The lowest BCUT2D eigenvalue weighted by molar-refractivity contribution is -0.219. The van der Waals surface area contributed by atoms with Crippen LogP contribution in [0.5, 0.6) is 0 Å². The zero-order chi connectivity index (χ0) is 12.1. The number of halogens is 1. The van der Waals surface area contributed by atoms with Crippen LogP contribution in [0.1, 0.15) is 38.5 Å².